The lowest BCUT2D eigenvalue weighted by atomic mass is 10.1. The largest absolute Gasteiger partial charge is 0.399 e. The summed E-state index contributed by atoms with van der Waals surface area (Å²) in [5, 5.41) is 2.90. The molecule has 21 heavy (non-hydrogen) atoms. The predicted octanol–water partition coefficient (Wildman–Crippen LogP) is 3.69. The van der Waals surface area contributed by atoms with Gasteiger partial charge >= 0.3 is 0 Å². The Hall–Kier alpha value is -2.14. The number of nitrogens with two attached hydrogens (primary N) is 1. The number of carbonyl (C=O) groups is 1. The van der Waals surface area contributed by atoms with Crippen LogP contribution in [0.2, 0.25) is 5.02 Å². The minimum atomic E-state index is -0.701. The summed E-state index contributed by atoms with van der Waals surface area (Å²) in [7, 11) is 0. The van der Waals surface area contributed by atoms with Crippen molar-refractivity contribution in [3.63, 3.8) is 0 Å². The van der Waals surface area contributed by atoms with Crippen molar-refractivity contribution in [2.45, 2.75) is 13.0 Å². The Morgan fingerprint density at radius 1 is 1.24 bits per heavy atom. The van der Waals surface area contributed by atoms with E-state index in [4.69, 9.17) is 17.3 Å². The maximum absolute atomic E-state index is 13.6. The quantitative estimate of drug-likeness (QED) is 0.849. The van der Waals surface area contributed by atoms with Crippen LogP contribution in [-0.4, -0.2) is 5.91 Å². The van der Waals surface area contributed by atoms with E-state index in [-0.39, 0.29) is 11.1 Å². The van der Waals surface area contributed by atoms with Crippen LogP contribution < -0.4 is 11.1 Å². The molecule has 2 aromatic carbocycles. The first kappa shape index (κ1) is 15.3. The number of hydrogen-bond donors (Lipinski definition) is 2. The van der Waals surface area contributed by atoms with Gasteiger partial charge in [-0.3, -0.25) is 4.79 Å². The van der Waals surface area contributed by atoms with Crippen molar-refractivity contribution in [1.29, 1.82) is 0 Å². The smallest absolute Gasteiger partial charge is 0.251 e. The van der Waals surface area contributed by atoms with E-state index in [1.165, 1.54) is 18.2 Å². The average Bonchev–Trinajstić information content (AvgIpc) is 2.40. The Morgan fingerprint density at radius 2 is 1.95 bits per heavy atom. The number of anilines is 1. The minimum Gasteiger partial charge on any atom is -0.399 e. The minimum absolute atomic E-state index is 0.0679. The molecule has 1 unspecified atom stereocenters. The molecule has 2 aromatic rings. The van der Waals surface area contributed by atoms with Gasteiger partial charge in [0, 0.05) is 21.8 Å². The fourth-order valence-corrected chi connectivity index (χ4v) is 2.19. The van der Waals surface area contributed by atoms with Crippen LogP contribution in [0.1, 0.15) is 28.9 Å². The first-order valence-corrected chi connectivity index (χ1v) is 6.56. The molecule has 1 amide bonds. The summed E-state index contributed by atoms with van der Waals surface area (Å²) in [6.45, 7) is 1.56. The topological polar surface area (TPSA) is 55.1 Å². The number of carbonyl (C=O) groups excluding carboxylic acids is 1. The van der Waals surface area contributed by atoms with Crippen molar-refractivity contribution >= 4 is 23.2 Å². The maximum atomic E-state index is 13.6. The fraction of sp³-hybridized carbons (Fsp3) is 0.133. The highest BCUT2D eigenvalue weighted by Crippen LogP contribution is 2.20. The van der Waals surface area contributed by atoms with Gasteiger partial charge in [0.05, 0.1) is 6.04 Å². The molecule has 1 atom stereocenters. The highest BCUT2D eigenvalue weighted by Gasteiger charge is 2.16. The van der Waals surface area contributed by atoms with Crippen LogP contribution in [0.4, 0.5) is 14.5 Å². The lowest BCUT2D eigenvalue weighted by Gasteiger charge is -2.15. The molecule has 0 heterocycles. The summed E-state index contributed by atoms with van der Waals surface area (Å²) >= 11 is 5.82. The first-order chi connectivity index (χ1) is 9.86. The molecule has 0 spiro atoms. The third kappa shape index (κ3) is 3.70. The van der Waals surface area contributed by atoms with Gasteiger partial charge in [-0.05, 0) is 43.3 Å². The van der Waals surface area contributed by atoms with Gasteiger partial charge in [-0.1, -0.05) is 11.6 Å². The highest BCUT2D eigenvalue weighted by molar-refractivity contribution is 6.31. The molecule has 0 bridgehead atoms. The normalized spacial score (nSPS) is 12.0. The summed E-state index contributed by atoms with van der Waals surface area (Å²) < 4.78 is 26.8. The second-order valence-corrected chi connectivity index (χ2v) is 5.07. The van der Waals surface area contributed by atoms with E-state index in [1.54, 1.807) is 6.92 Å². The van der Waals surface area contributed by atoms with Gasteiger partial charge in [-0.25, -0.2) is 8.78 Å². The second-order valence-electron chi connectivity index (χ2n) is 4.63. The van der Waals surface area contributed by atoms with E-state index in [0.717, 1.165) is 18.2 Å². The maximum Gasteiger partial charge on any atom is 0.251 e. The van der Waals surface area contributed by atoms with E-state index >= 15 is 0 Å². The third-order valence-corrected chi connectivity index (χ3v) is 3.17. The standard InChI is InChI=1S/C15H13ClF2N2O/c1-8(13-7-11(17)2-3-14(13)18)20-15(21)9-4-10(16)6-12(19)5-9/h2-8H,19H2,1H3,(H,20,21). The Labute approximate surface area is 125 Å². The molecular weight excluding hydrogens is 298 g/mol. The van der Waals surface area contributed by atoms with Gasteiger partial charge in [0.1, 0.15) is 11.6 Å². The highest BCUT2D eigenvalue weighted by atomic mass is 35.5. The predicted molar refractivity (Wildman–Crippen MR) is 78.1 cm³/mol. The molecule has 3 N–H and O–H groups in total. The molecule has 0 aliphatic carbocycles. The molecule has 0 saturated carbocycles. The van der Waals surface area contributed by atoms with E-state index in [9.17, 15) is 13.6 Å². The Kier molecular flexibility index (Phi) is 4.43. The van der Waals surface area contributed by atoms with Crippen LogP contribution in [0, 0.1) is 11.6 Å². The zero-order chi connectivity index (χ0) is 15.6. The summed E-state index contributed by atoms with van der Waals surface area (Å²) in [5.74, 6) is -1.63. The Bertz CT molecular complexity index is 671. The zero-order valence-corrected chi connectivity index (χ0v) is 11.9. The van der Waals surface area contributed by atoms with Crippen LogP contribution in [-0.2, 0) is 0 Å². The zero-order valence-electron chi connectivity index (χ0n) is 11.2. The second kappa shape index (κ2) is 6.10. The number of halogens is 3. The molecule has 6 heteroatoms. The van der Waals surface area contributed by atoms with Crippen LogP contribution in [0.5, 0.6) is 0 Å². The molecule has 0 fully saturated rings. The number of amides is 1. The number of benzene rings is 2. The number of rotatable bonds is 3. The molecule has 0 radical (unpaired) electrons. The van der Waals surface area contributed by atoms with Gasteiger partial charge in [0.2, 0.25) is 0 Å². The molecular formula is C15H13ClF2N2O. The summed E-state index contributed by atoms with van der Waals surface area (Å²) in [6, 6.07) is 6.79. The van der Waals surface area contributed by atoms with Crippen molar-refractivity contribution in [3.8, 4) is 0 Å². The van der Waals surface area contributed by atoms with E-state index in [0.29, 0.717) is 10.7 Å². The lowest BCUT2D eigenvalue weighted by molar-refractivity contribution is 0.0939. The van der Waals surface area contributed by atoms with Crippen molar-refractivity contribution in [2.75, 3.05) is 5.73 Å². The van der Waals surface area contributed by atoms with Crippen molar-refractivity contribution in [2.24, 2.45) is 0 Å². The van der Waals surface area contributed by atoms with Crippen LogP contribution in [0.25, 0.3) is 0 Å². The van der Waals surface area contributed by atoms with E-state index in [1.807, 2.05) is 0 Å². The van der Waals surface area contributed by atoms with Crippen molar-refractivity contribution < 1.29 is 13.6 Å². The summed E-state index contributed by atoms with van der Waals surface area (Å²) in [6.07, 6.45) is 0. The Morgan fingerprint density at radius 3 is 2.62 bits per heavy atom. The first-order valence-electron chi connectivity index (χ1n) is 6.18. The molecule has 110 valence electrons. The molecule has 0 saturated heterocycles. The van der Waals surface area contributed by atoms with Crippen molar-refractivity contribution in [1.82, 2.24) is 5.32 Å². The van der Waals surface area contributed by atoms with E-state index in [2.05, 4.69) is 5.32 Å². The third-order valence-electron chi connectivity index (χ3n) is 2.95. The lowest BCUT2D eigenvalue weighted by Crippen LogP contribution is -2.27. The molecule has 0 aliphatic rings. The fourth-order valence-electron chi connectivity index (χ4n) is 1.95. The van der Waals surface area contributed by atoms with Gasteiger partial charge < -0.3 is 11.1 Å². The monoisotopic (exact) mass is 310 g/mol. The molecule has 0 aromatic heterocycles. The van der Waals surface area contributed by atoms with E-state index < -0.39 is 23.6 Å². The average molecular weight is 311 g/mol. The summed E-state index contributed by atoms with van der Waals surface area (Å²) in [4.78, 5) is 12.1. The number of nitrogen functional groups attached to an aromatic ring is 1. The van der Waals surface area contributed by atoms with Gasteiger partial charge in [0.15, 0.2) is 0 Å². The van der Waals surface area contributed by atoms with Crippen LogP contribution in [0.15, 0.2) is 36.4 Å². The summed E-state index contributed by atoms with van der Waals surface area (Å²) in [5.41, 5.74) is 6.28. The van der Waals surface area contributed by atoms with Crippen molar-refractivity contribution in [3.05, 3.63) is 64.2 Å². The SMILES string of the molecule is CC(NC(=O)c1cc(N)cc(Cl)c1)c1cc(F)ccc1F. The molecule has 3 nitrogen and oxygen atoms in total. The van der Waals surface area contributed by atoms with Gasteiger partial charge in [-0.2, -0.15) is 0 Å². The van der Waals surface area contributed by atoms with Gasteiger partial charge in [0.25, 0.3) is 5.91 Å². The Balaban J connectivity index is 2.20. The number of nitrogens with one attached hydrogen (secondary N) is 1. The van der Waals surface area contributed by atoms with Crippen LogP contribution in [0.3, 0.4) is 0 Å². The van der Waals surface area contributed by atoms with Crippen LogP contribution >= 0.6 is 11.6 Å². The number of hydrogen-bond acceptors (Lipinski definition) is 2. The van der Waals surface area contributed by atoms with Gasteiger partial charge in [-0.15, -0.1) is 0 Å². The molecule has 0 aliphatic heterocycles. The molecule has 2 rings (SSSR count).